The molecule has 0 bridgehead atoms. The van der Waals surface area contributed by atoms with Gasteiger partial charge < -0.3 is 10.1 Å². The summed E-state index contributed by atoms with van der Waals surface area (Å²) in [5.74, 6) is -0.349. The summed E-state index contributed by atoms with van der Waals surface area (Å²) in [7, 11) is 1.61. The molecular weight excluding hydrogens is 515 g/mol. The molecule has 0 aliphatic carbocycles. The summed E-state index contributed by atoms with van der Waals surface area (Å²) in [4.78, 5) is 28.2. The van der Waals surface area contributed by atoms with Crippen LogP contribution < -0.4 is 10.2 Å². The van der Waals surface area contributed by atoms with E-state index in [1.54, 1.807) is 30.0 Å². The van der Waals surface area contributed by atoms with Crippen LogP contribution in [0.2, 0.25) is 0 Å². The second-order valence-corrected chi connectivity index (χ2v) is 10.2. The maximum Gasteiger partial charge on any atom is 0.240 e. The number of anilines is 1. The van der Waals surface area contributed by atoms with E-state index in [2.05, 4.69) is 5.32 Å². The van der Waals surface area contributed by atoms with Gasteiger partial charge in [-0.1, -0.05) is 66.7 Å². The smallest absolute Gasteiger partial charge is 0.240 e. The molecule has 2 heterocycles. The Morgan fingerprint density at radius 2 is 1.74 bits per heavy atom. The number of aromatic nitrogens is 2. The van der Waals surface area contributed by atoms with Crippen LogP contribution in [0, 0.1) is 5.82 Å². The third-order valence-electron chi connectivity index (χ3n) is 6.47. The van der Waals surface area contributed by atoms with E-state index in [-0.39, 0.29) is 29.9 Å². The largest absolute Gasteiger partial charge is 0.385 e. The van der Waals surface area contributed by atoms with E-state index in [0.717, 1.165) is 11.3 Å². The summed E-state index contributed by atoms with van der Waals surface area (Å²) in [6.07, 6.45) is 0.659. The molecule has 7 nitrogen and oxygen atoms in total. The van der Waals surface area contributed by atoms with Crippen molar-refractivity contribution in [1.82, 2.24) is 15.1 Å². The van der Waals surface area contributed by atoms with Gasteiger partial charge in [-0.05, 0) is 24.6 Å². The van der Waals surface area contributed by atoms with Crippen molar-refractivity contribution in [1.29, 1.82) is 0 Å². The van der Waals surface area contributed by atoms with Gasteiger partial charge >= 0.3 is 0 Å². The summed E-state index contributed by atoms with van der Waals surface area (Å²) in [5, 5.41) is 7.35. The second-order valence-electron chi connectivity index (χ2n) is 9.09. The summed E-state index contributed by atoms with van der Waals surface area (Å²) in [6.45, 7) is 0.771. The molecule has 2 amide bonds. The zero-order valence-electron chi connectivity index (χ0n) is 21.5. The molecule has 4 aromatic rings. The Kier molecular flexibility index (Phi) is 8.39. The SMILES string of the molecule is COCCCNC(=O)CN1C(=O)CSC(c2ccccc2F)c2c(-c3ccccc3)nn(-c3ccccc3)c21. The van der Waals surface area contributed by atoms with E-state index in [1.807, 2.05) is 60.7 Å². The Hall–Kier alpha value is -3.95. The van der Waals surface area contributed by atoms with E-state index in [1.165, 1.54) is 22.7 Å². The first-order chi connectivity index (χ1) is 19.1. The van der Waals surface area contributed by atoms with Gasteiger partial charge in [-0.25, -0.2) is 9.07 Å². The van der Waals surface area contributed by atoms with E-state index in [4.69, 9.17) is 9.84 Å². The number of rotatable bonds is 9. The molecule has 3 aromatic carbocycles. The van der Waals surface area contributed by atoms with E-state index in [9.17, 15) is 9.59 Å². The van der Waals surface area contributed by atoms with Gasteiger partial charge in [0.05, 0.1) is 22.4 Å². The lowest BCUT2D eigenvalue weighted by Gasteiger charge is -2.23. The highest BCUT2D eigenvalue weighted by Crippen LogP contribution is 2.48. The number of carbonyl (C=O) groups is 2. The van der Waals surface area contributed by atoms with Crippen molar-refractivity contribution in [3.63, 3.8) is 0 Å². The fourth-order valence-corrected chi connectivity index (χ4v) is 5.87. The lowest BCUT2D eigenvalue weighted by Crippen LogP contribution is -2.42. The monoisotopic (exact) mass is 544 g/mol. The standard InChI is InChI=1S/C30H29FN4O3S/c1-38-18-10-17-32-25(36)19-34-26(37)20-39-29(23-15-8-9-16-24(23)31)27-28(21-11-4-2-5-12-21)33-35(30(27)34)22-13-6-3-7-14-22/h2-9,11-16,29H,10,17-20H2,1H3,(H,32,36). The summed E-state index contributed by atoms with van der Waals surface area (Å²) in [5.41, 5.74) is 3.36. The molecule has 1 aliphatic heterocycles. The molecule has 0 radical (unpaired) electrons. The molecule has 1 N–H and O–H groups in total. The van der Waals surface area contributed by atoms with Crippen molar-refractivity contribution in [3.8, 4) is 16.9 Å². The molecule has 0 saturated heterocycles. The third kappa shape index (κ3) is 5.74. The zero-order valence-corrected chi connectivity index (χ0v) is 22.4. The van der Waals surface area contributed by atoms with E-state index < -0.39 is 5.25 Å². The fourth-order valence-electron chi connectivity index (χ4n) is 4.65. The first-order valence-electron chi connectivity index (χ1n) is 12.7. The number of thioether (sulfide) groups is 1. The van der Waals surface area contributed by atoms with Crippen LogP contribution in [0.3, 0.4) is 0 Å². The molecule has 1 aromatic heterocycles. The minimum Gasteiger partial charge on any atom is -0.385 e. The summed E-state index contributed by atoms with van der Waals surface area (Å²) >= 11 is 1.34. The number of amides is 2. The normalized spacial score (nSPS) is 15.1. The molecular formula is C30H29FN4O3S. The molecule has 200 valence electrons. The summed E-state index contributed by atoms with van der Waals surface area (Å²) in [6, 6.07) is 25.7. The number of fused-ring (bicyclic) bond motifs is 1. The molecule has 1 aliphatic rings. The van der Waals surface area contributed by atoms with Crippen LogP contribution in [0.5, 0.6) is 0 Å². The minimum atomic E-state index is -0.521. The lowest BCUT2D eigenvalue weighted by atomic mass is 9.99. The average Bonchev–Trinajstić information content (AvgIpc) is 3.30. The van der Waals surface area contributed by atoms with Gasteiger partial charge in [0, 0.05) is 37.0 Å². The van der Waals surface area contributed by atoms with Gasteiger partial charge in [-0.2, -0.15) is 5.10 Å². The Bertz CT molecular complexity index is 1450. The molecule has 1 atom stereocenters. The fraction of sp³-hybridized carbons (Fsp3) is 0.233. The minimum absolute atomic E-state index is 0.0770. The highest BCUT2D eigenvalue weighted by atomic mass is 32.2. The van der Waals surface area contributed by atoms with Gasteiger partial charge in [0.1, 0.15) is 18.2 Å². The van der Waals surface area contributed by atoms with Crippen molar-refractivity contribution in [2.75, 3.05) is 37.5 Å². The highest BCUT2D eigenvalue weighted by Gasteiger charge is 2.38. The Labute approximate surface area is 231 Å². The Morgan fingerprint density at radius 3 is 2.46 bits per heavy atom. The number of methoxy groups -OCH3 is 1. The number of para-hydroxylation sites is 1. The van der Waals surface area contributed by atoms with Crippen molar-refractivity contribution in [2.45, 2.75) is 11.7 Å². The maximum absolute atomic E-state index is 15.3. The molecule has 1 unspecified atom stereocenters. The van der Waals surface area contributed by atoms with Gasteiger partial charge in [0.25, 0.3) is 0 Å². The van der Waals surface area contributed by atoms with Crippen LogP contribution in [0.15, 0.2) is 84.9 Å². The summed E-state index contributed by atoms with van der Waals surface area (Å²) < 4.78 is 22.0. The topological polar surface area (TPSA) is 76.5 Å². The van der Waals surface area contributed by atoms with E-state index in [0.29, 0.717) is 42.2 Å². The Morgan fingerprint density at radius 1 is 1.05 bits per heavy atom. The average molecular weight is 545 g/mol. The number of nitrogens with one attached hydrogen (secondary N) is 1. The third-order valence-corrected chi connectivity index (χ3v) is 7.71. The molecule has 9 heteroatoms. The van der Waals surface area contributed by atoms with Gasteiger partial charge in [0.2, 0.25) is 11.8 Å². The van der Waals surface area contributed by atoms with Crippen molar-refractivity contribution < 1.29 is 18.7 Å². The van der Waals surface area contributed by atoms with Crippen molar-refractivity contribution in [3.05, 3.63) is 102 Å². The lowest BCUT2D eigenvalue weighted by molar-refractivity contribution is -0.122. The van der Waals surface area contributed by atoms with Crippen LogP contribution in [0.25, 0.3) is 16.9 Å². The number of hydrogen-bond acceptors (Lipinski definition) is 5. The Balaban J connectivity index is 1.70. The van der Waals surface area contributed by atoms with Crippen LogP contribution in [-0.4, -0.2) is 54.2 Å². The van der Waals surface area contributed by atoms with Crippen LogP contribution >= 0.6 is 11.8 Å². The predicted molar refractivity (Wildman–Crippen MR) is 152 cm³/mol. The predicted octanol–water partition coefficient (Wildman–Crippen LogP) is 5.00. The number of halogens is 1. The van der Waals surface area contributed by atoms with Crippen molar-refractivity contribution >= 4 is 29.4 Å². The zero-order chi connectivity index (χ0) is 27.2. The molecule has 0 spiro atoms. The second kappa shape index (κ2) is 12.3. The molecule has 39 heavy (non-hydrogen) atoms. The molecule has 0 fully saturated rings. The number of hydrogen-bond donors (Lipinski definition) is 1. The quantitative estimate of drug-likeness (QED) is 0.300. The van der Waals surface area contributed by atoms with Crippen LogP contribution in [-0.2, 0) is 14.3 Å². The first kappa shape index (κ1) is 26.6. The van der Waals surface area contributed by atoms with E-state index >= 15 is 4.39 Å². The van der Waals surface area contributed by atoms with Gasteiger partial charge in [-0.15, -0.1) is 11.8 Å². The number of benzene rings is 3. The van der Waals surface area contributed by atoms with Crippen molar-refractivity contribution in [2.24, 2.45) is 0 Å². The van der Waals surface area contributed by atoms with Crippen LogP contribution in [0.1, 0.15) is 22.8 Å². The molecule has 0 saturated carbocycles. The van der Waals surface area contributed by atoms with Crippen LogP contribution in [0.4, 0.5) is 10.2 Å². The number of nitrogens with zero attached hydrogens (tertiary/aromatic N) is 3. The molecule has 5 rings (SSSR count). The maximum atomic E-state index is 15.3. The highest BCUT2D eigenvalue weighted by molar-refractivity contribution is 8.00. The number of carbonyl (C=O) groups excluding carboxylic acids is 2. The van der Waals surface area contributed by atoms with Gasteiger partial charge in [-0.3, -0.25) is 14.5 Å². The van der Waals surface area contributed by atoms with Gasteiger partial charge in [0.15, 0.2) is 0 Å². The number of ether oxygens (including phenoxy) is 1. The first-order valence-corrected chi connectivity index (χ1v) is 13.8.